The van der Waals surface area contributed by atoms with E-state index in [2.05, 4.69) is 24.0 Å². The Hall–Kier alpha value is -2.70. The Kier molecular flexibility index (Phi) is 3.87. The van der Waals surface area contributed by atoms with Crippen molar-refractivity contribution in [2.45, 2.75) is 31.9 Å². The van der Waals surface area contributed by atoms with Gasteiger partial charge in [-0.05, 0) is 29.2 Å². The second kappa shape index (κ2) is 5.90. The van der Waals surface area contributed by atoms with Gasteiger partial charge < -0.3 is 4.52 Å². The van der Waals surface area contributed by atoms with Crippen LogP contribution in [-0.4, -0.2) is 10.1 Å². The van der Waals surface area contributed by atoms with Crippen LogP contribution in [0.1, 0.15) is 42.7 Å². The maximum Gasteiger partial charge on any atom is 0.417 e. The highest BCUT2D eigenvalue weighted by atomic mass is 19.4. The van der Waals surface area contributed by atoms with Gasteiger partial charge in [0.05, 0.1) is 11.5 Å². The summed E-state index contributed by atoms with van der Waals surface area (Å²) in [6.45, 7) is 4.11. The summed E-state index contributed by atoms with van der Waals surface area (Å²) >= 11 is 0. The van der Waals surface area contributed by atoms with Gasteiger partial charge in [-0.2, -0.15) is 18.2 Å². The van der Waals surface area contributed by atoms with Crippen molar-refractivity contribution in [2.24, 2.45) is 5.41 Å². The molecule has 27 heavy (non-hydrogen) atoms. The SMILES string of the molecule is CC1(C)[C@H](c2ccccc2)[C@H]1c1nc(-c2ccc(F)cc2C(F)(F)F)no1. The van der Waals surface area contributed by atoms with Crippen molar-refractivity contribution >= 4 is 0 Å². The zero-order valence-electron chi connectivity index (χ0n) is 14.6. The molecule has 0 radical (unpaired) electrons. The van der Waals surface area contributed by atoms with E-state index in [1.165, 1.54) is 0 Å². The maximum atomic E-state index is 13.3. The topological polar surface area (TPSA) is 38.9 Å². The van der Waals surface area contributed by atoms with Crippen molar-refractivity contribution in [1.29, 1.82) is 0 Å². The van der Waals surface area contributed by atoms with E-state index in [1.54, 1.807) is 0 Å². The molecule has 0 saturated heterocycles. The highest BCUT2D eigenvalue weighted by molar-refractivity contribution is 5.61. The number of benzene rings is 2. The van der Waals surface area contributed by atoms with Gasteiger partial charge >= 0.3 is 6.18 Å². The van der Waals surface area contributed by atoms with E-state index < -0.39 is 17.6 Å². The van der Waals surface area contributed by atoms with Crippen molar-refractivity contribution in [3.63, 3.8) is 0 Å². The molecule has 0 amide bonds. The predicted molar refractivity (Wildman–Crippen MR) is 90.4 cm³/mol. The molecule has 3 aromatic rings. The van der Waals surface area contributed by atoms with Gasteiger partial charge in [-0.1, -0.05) is 49.3 Å². The van der Waals surface area contributed by atoms with Crippen LogP contribution >= 0.6 is 0 Å². The molecule has 2 aromatic carbocycles. The van der Waals surface area contributed by atoms with Gasteiger partial charge in [0.2, 0.25) is 11.7 Å². The fourth-order valence-electron chi connectivity index (χ4n) is 3.80. The average Bonchev–Trinajstić information content (AvgIpc) is 2.95. The van der Waals surface area contributed by atoms with Crippen LogP contribution in [0, 0.1) is 11.2 Å². The Morgan fingerprint density at radius 3 is 2.37 bits per heavy atom. The molecule has 0 N–H and O–H groups in total. The van der Waals surface area contributed by atoms with E-state index in [1.807, 2.05) is 30.3 Å². The first-order chi connectivity index (χ1) is 12.7. The lowest BCUT2D eigenvalue weighted by molar-refractivity contribution is -0.137. The maximum absolute atomic E-state index is 13.3. The second-order valence-electron chi connectivity index (χ2n) is 7.33. The Labute approximate surface area is 153 Å². The van der Waals surface area contributed by atoms with Crippen LogP contribution < -0.4 is 0 Å². The summed E-state index contributed by atoms with van der Waals surface area (Å²) in [6.07, 6.45) is -4.72. The minimum Gasteiger partial charge on any atom is -0.339 e. The van der Waals surface area contributed by atoms with Gasteiger partial charge in [-0.15, -0.1) is 0 Å². The van der Waals surface area contributed by atoms with Crippen molar-refractivity contribution in [1.82, 2.24) is 10.1 Å². The summed E-state index contributed by atoms with van der Waals surface area (Å²) in [7, 11) is 0. The third kappa shape index (κ3) is 3.01. The molecule has 0 aliphatic heterocycles. The molecule has 2 atom stereocenters. The molecule has 140 valence electrons. The zero-order valence-corrected chi connectivity index (χ0v) is 14.6. The lowest BCUT2D eigenvalue weighted by Gasteiger charge is -2.10. The van der Waals surface area contributed by atoms with Crippen LogP contribution in [0.25, 0.3) is 11.4 Å². The molecule has 1 aliphatic rings. The monoisotopic (exact) mass is 376 g/mol. The summed E-state index contributed by atoms with van der Waals surface area (Å²) < 4.78 is 58.4. The minimum absolute atomic E-state index is 0.0871. The molecule has 0 unspecified atom stereocenters. The molecule has 1 heterocycles. The Morgan fingerprint density at radius 1 is 1.00 bits per heavy atom. The lowest BCUT2D eigenvalue weighted by Crippen LogP contribution is -2.08. The Balaban J connectivity index is 1.70. The molecule has 1 aliphatic carbocycles. The molecule has 0 spiro atoms. The summed E-state index contributed by atoms with van der Waals surface area (Å²) in [6, 6.07) is 12.2. The van der Waals surface area contributed by atoms with Gasteiger partial charge in [-0.25, -0.2) is 4.39 Å². The van der Waals surface area contributed by atoms with Crippen LogP contribution in [0.15, 0.2) is 53.1 Å². The number of alkyl halides is 3. The van der Waals surface area contributed by atoms with Crippen molar-refractivity contribution < 1.29 is 22.1 Å². The van der Waals surface area contributed by atoms with Crippen LogP contribution in [0.5, 0.6) is 0 Å². The quantitative estimate of drug-likeness (QED) is 0.542. The van der Waals surface area contributed by atoms with Crippen LogP contribution in [-0.2, 0) is 6.18 Å². The fourth-order valence-corrected chi connectivity index (χ4v) is 3.80. The molecule has 7 heteroatoms. The smallest absolute Gasteiger partial charge is 0.339 e. The molecule has 1 saturated carbocycles. The van der Waals surface area contributed by atoms with Crippen molar-refractivity contribution in [2.75, 3.05) is 0 Å². The molecule has 1 fully saturated rings. The van der Waals surface area contributed by atoms with Crippen molar-refractivity contribution in [3.8, 4) is 11.4 Å². The van der Waals surface area contributed by atoms with Gasteiger partial charge in [0.15, 0.2) is 0 Å². The summed E-state index contributed by atoms with van der Waals surface area (Å²) in [5.74, 6) is -0.811. The van der Waals surface area contributed by atoms with E-state index in [4.69, 9.17) is 4.52 Å². The average molecular weight is 376 g/mol. The van der Waals surface area contributed by atoms with E-state index in [0.29, 0.717) is 12.0 Å². The minimum atomic E-state index is -4.72. The van der Waals surface area contributed by atoms with Gasteiger partial charge in [0, 0.05) is 11.5 Å². The number of hydrogen-bond donors (Lipinski definition) is 0. The largest absolute Gasteiger partial charge is 0.417 e. The molecule has 0 bridgehead atoms. The van der Waals surface area contributed by atoms with Gasteiger partial charge in [0.25, 0.3) is 0 Å². The third-order valence-electron chi connectivity index (χ3n) is 5.22. The van der Waals surface area contributed by atoms with Gasteiger partial charge in [-0.3, -0.25) is 0 Å². The zero-order chi connectivity index (χ0) is 19.4. The summed E-state index contributed by atoms with van der Waals surface area (Å²) in [4.78, 5) is 4.22. The van der Waals surface area contributed by atoms with E-state index in [-0.39, 0.29) is 28.6 Å². The lowest BCUT2D eigenvalue weighted by atomic mass is 10.0. The first kappa shape index (κ1) is 17.7. The summed E-state index contributed by atoms with van der Waals surface area (Å²) in [5.41, 5.74) is -0.455. The molecular weight excluding hydrogens is 360 g/mol. The molecule has 3 nitrogen and oxygen atoms in total. The first-order valence-corrected chi connectivity index (χ1v) is 8.45. The third-order valence-corrected chi connectivity index (χ3v) is 5.22. The van der Waals surface area contributed by atoms with E-state index in [0.717, 1.165) is 17.7 Å². The van der Waals surface area contributed by atoms with Crippen LogP contribution in [0.3, 0.4) is 0 Å². The highest BCUT2D eigenvalue weighted by Gasteiger charge is 2.62. The van der Waals surface area contributed by atoms with E-state index >= 15 is 0 Å². The van der Waals surface area contributed by atoms with Crippen molar-refractivity contribution in [3.05, 3.63) is 71.4 Å². The molecule has 4 rings (SSSR count). The first-order valence-electron chi connectivity index (χ1n) is 8.45. The highest BCUT2D eigenvalue weighted by Crippen LogP contribution is 2.69. The fraction of sp³-hybridized carbons (Fsp3) is 0.300. The van der Waals surface area contributed by atoms with Gasteiger partial charge in [0.1, 0.15) is 5.82 Å². The number of hydrogen-bond acceptors (Lipinski definition) is 3. The summed E-state index contributed by atoms with van der Waals surface area (Å²) in [5, 5.41) is 3.74. The van der Waals surface area contributed by atoms with Crippen LogP contribution in [0.4, 0.5) is 17.6 Å². The Morgan fingerprint density at radius 2 is 1.70 bits per heavy atom. The predicted octanol–water partition coefficient (Wildman–Crippen LogP) is 5.80. The number of halogens is 4. The number of nitrogens with zero attached hydrogens (tertiary/aromatic N) is 2. The standard InChI is InChI=1S/C20H16F4N2O/c1-19(2)15(11-6-4-3-5-7-11)16(19)18-25-17(26-27-18)13-9-8-12(21)10-14(13)20(22,23)24/h3-10,15-16H,1-2H3/t15-,16+/m1/s1. The molecular formula is C20H16F4N2O. The van der Waals surface area contributed by atoms with E-state index in [9.17, 15) is 17.6 Å². The normalized spacial score (nSPS) is 21.3. The molecule has 1 aromatic heterocycles. The van der Waals surface area contributed by atoms with Crippen LogP contribution in [0.2, 0.25) is 0 Å². The second-order valence-corrected chi connectivity index (χ2v) is 7.33. The number of rotatable bonds is 3. The Bertz CT molecular complexity index is 979. The number of aromatic nitrogens is 2.